The summed E-state index contributed by atoms with van der Waals surface area (Å²) in [6, 6.07) is 0.651. The van der Waals surface area contributed by atoms with Crippen LogP contribution in [0.25, 0.3) is 0 Å². The zero-order chi connectivity index (χ0) is 13.3. The van der Waals surface area contributed by atoms with Gasteiger partial charge < -0.3 is 5.73 Å². The lowest BCUT2D eigenvalue weighted by atomic mass is 9.86. The van der Waals surface area contributed by atoms with Crippen molar-refractivity contribution in [1.82, 2.24) is 9.80 Å². The van der Waals surface area contributed by atoms with Gasteiger partial charge in [0.1, 0.15) is 0 Å². The van der Waals surface area contributed by atoms with Crippen LogP contribution in [0.5, 0.6) is 0 Å². The smallest absolute Gasteiger partial charge is 0.0470 e. The van der Waals surface area contributed by atoms with E-state index >= 15 is 0 Å². The number of piperidine rings is 1. The van der Waals surface area contributed by atoms with Crippen LogP contribution >= 0.6 is 0 Å². The van der Waals surface area contributed by atoms with Crippen LogP contribution < -0.4 is 5.73 Å². The summed E-state index contributed by atoms with van der Waals surface area (Å²) in [5.74, 6) is 1.65. The number of likely N-dealkylation sites (tertiary alicyclic amines) is 2. The molecule has 0 aromatic carbocycles. The van der Waals surface area contributed by atoms with Gasteiger partial charge in [0.25, 0.3) is 0 Å². The van der Waals surface area contributed by atoms with E-state index in [0.717, 1.165) is 18.4 Å². The van der Waals surface area contributed by atoms with Crippen molar-refractivity contribution in [1.29, 1.82) is 0 Å². The van der Waals surface area contributed by atoms with Gasteiger partial charge in [0, 0.05) is 44.3 Å². The van der Waals surface area contributed by atoms with Crippen LogP contribution in [0.3, 0.4) is 0 Å². The third kappa shape index (κ3) is 2.73. The lowest BCUT2D eigenvalue weighted by molar-refractivity contribution is 0.0318. The highest BCUT2D eigenvalue weighted by Crippen LogP contribution is 2.33. The molecule has 3 heteroatoms. The van der Waals surface area contributed by atoms with Gasteiger partial charge in [-0.2, -0.15) is 0 Å². The Labute approximate surface area is 113 Å². The predicted octanol–water partition coefficient (Wildman–Crippen LogP) is 1.78. The maximum Gasteiger partial charge on any atom is 0.0470 e. The molecule has 0 bridgehead atoms. The summed E-state index contributed by atoms with van der Waals surface area (Å²) in [4.78, 5) is 5.31. The number of rotatable bonds is 3. The first kappa shape index (κ1) is 14.3. The Hall–Kier alpha value is -0.120. The fourth-order valence-corrected chi connectivity index (χ4v) is 3.93. The molecule has 2 aliphatic rings. The highest BCUT2D eigenvalue weighted by atomic mass is 15.3. The van der Waals surface area contributed by atoms with Gasteiger partial charge in [0.05, 0.1) is 0 Å². The van der Waals surface area contributed by atoms with Crippen LogP contribution in [0.1, 0.15) is 40.5 Å². The summed E-state index contributed by atoms with van der Waals surface area (Å²) in [5, 5.41) is 0. The van der Waals surface area contributed by atoms with E-state index in [0.29, 0.717) is 6.04 Å². The van der Waals surface area contributed by atoms with E-state index in [2.05, 4.69) is 37.5 Å². The summed E-state index contributed by atoms with van der Waals surface area (Å²) >= 11 is 0. The van der Waals surface area contributed by atoms with Crippen molar-refractivity contribution in [2.75, 3.05) is 32.7 Å². The van der Waals surface area contributed by atoms with E-state index in [-0.39, 0.29) is 5.54 Å². The van der Waals surface area contributed by atoms with Crippen molar-refractivity contribution < 1.29 is 0 Å². The fourth-order valence-electron chi connectivity index (χ4n) is 3.93. The highest BCUT2D eigenvalue weighted by Gasteiger charge is 2.44. The number of hydrogen-bond donors (Lipinski definition) is 1. The lowest BCUT2D eigenvalue weighted by Crippen LogP contribution is -2.59. The number of nitrogens with two attached hydrogens (primary N) is 1. The Bertz CT molecular complexity index is 269. The van der Waals surface area contributed by atoms with Gasteiger partial charge in [0.15, 0.2) is 0 Å². The van der Waals surface area contributed by atoms with Crippen molar-refractivity contribution in [3.8, 4) is 0 Å². The summed E-state index contributed by atoms with van der Waals surface area (Å²) in [6.07, 6.45) is 2.63. The molecule has 18 heavy (non-hydrogen) atoms. The number of hydrogen-bond acceptors (Lipinski definition) is 3. The third-order valence-corrected chi connectivity index (χ3v) is 5.01. The van der Waals surface area contributed by atoms with Crippen molar-refractivity contribution in [3.63, 3.8) is 0 Å². The second-order valence-corrected chi connectivity index (χ2v) is 7.09. The van der Waals surface area contributed by atoms with Crippen LogP contribution in [0, 0.1) is 11.8 Å². The van der Waals surface area contributed by atoms with Gasteiger partial charge in [-0.3, -0.25) is 9.80 Å². The lowest BCUT2D eigenvalue weighted by Gasteiger charge is -2.46. The van der Waals surface area contributed by atoms with Gasteiger partial charge in [-0.15, -0.1) is 0 Å². The van der Waals surface area contributed by atoms with E-state index in [1.165, 1.54) is 39.0 Å². The molecule has 0 aromatic rings. The van der Waals surface area contributed by atoms with Gasteiger partial charge >= 0.3 is 0 Å². The van der Waals surface area contributed by atoms with E-state index in [1.54, 1.807) is 0 Å². The molecule has 2 saturated heterocycles. The van der Waals surface area contributed by atoms with Crippen LogP contribution in [-0.4, -0.2) is 54.1 Å². The van der Waals surface area contributed by atoms with Crippen molar-refractivity contribution >= 4 is 0 Å². The predicted molar refractivity (Wildman–Crippen MR) is 77.6 cm³/mol. The Balaban J connectivity index is 2.08. The average molecular weight is 253 g/mol. The van der Waals surface area contributed by atoms with Crippen LogP contribution in [0.2, 0.25) is 0 Å². The highest BCUT2D eigenvalue weighted by molar-refractivity contribution is 5.02. The molecule has 3 nitrogen and oxygen atoms in total. The summed E-state index contributed by atoms with van der Waals surface area (Å²) in [5.41, 5.74) is 6.44. The van der Waals surface area contributed by atoms with Gasteiger partial charge in [0.2, 0.25) is 0 Å². The summed E-state index contributed by atoms with van der Waals surface area (Å²) < 4.78 is 0. The summed E-state index contributed by atoms with van der Waals surface area (Å²) in [6.45, 7) is 15.1. The van der Waals surface area contributed by atoms with Gasteiger partial charge in [-0.05, 0) is 38.5 Å². The standard InChI is InChI=1S/C15H31N3/c1-12(2)17-6-5-15(10-16,11-17)18-8-13(3)7-14(4)9-18/h12-14H,5-11,16H2,1-4H3. The first-order valence-electron chi connectivity index (χ1n) is 7.66. The molecule has 3 atom stereocenters. The Morgan fingerprint density at radius 2 is 1.83 bits per heavy atom. The molecule has 2 fully saturated rings. The quantitative estimate of drug-likeness (QED) is 0.832. The van der Waals surface area contributed by atoms with Crippen molar-refractivity contribution in [2.24, 2.45) is 17.6 Å². The third-order valence-electron chi connectivity index (χ3n) is 5.01. The molecular formula is C15H31N3. The Kier molecular flexibility index (Phi) is 4.35. The second kappa shape index (κ2) is 5.48. The maximum absolute atomic E-state index is 6.18. The Morgan fingerprint density at radius 3 is 2.28 bits per heavy atom. The molecule has 0 amide bonds. The maximum atomic E-state index is 6.18. The zero-order valence-corrected chi connectivity index (χ0v) is 12.7. The van der Waals surface area contributed by atoms with E-state index < -0.39 is 0 Å². The molecule has 2 heterocycles. The largest absolute Gasteiger partial charge is 0.329 e. The molecule has 0 aromatic heterocycles. The summed E-state index contributed by atoms with van der Waals surface area (Å²) in [7, 11) is 0. The van der Waals surface area contributed by atoms with E-state index in [4.69, 9.17) is 5.73 Å². The molecule has 0 aliphatic carbocycles. The Morgan fingerprint density at radius 1 is 1.22 bits per heavy atom. The van der Waals surface area contributed by atoms with Crippen LogP contribution in [0.4, 0.5) is 0 Å². The molecule has 0 radical (unpaired) electrons. The minimum Gasteiger partial charge on any atom is -0.329 e. The molecule has 2 N–H and O–H groups in total. The van der Waals surface area contributed by atoms with E-state index in [1.807, 2.05) is 0 Å². The van der Waals surface area contributed by atoms with Crippen LogP contribution in [-0.2, 0) is 0 Å². The first-order chi connectivity index (χ1) is 8.47. The monoisotopic (exact) mass is 253 g/mol. The molecule has 3 unspecified atom stereocenters. The second-order valence-electron chi connectivity index (χ2n) is 7.09. The molecule has 106 valence electrons. The molecule has 0 spiro atoms. The normalized spacial score (nSPS) is 39.7. The molecule has 0 saturated carbocycles. The first-order valence-corrected chi connectivity index (χ1v) is 7.66. The van der Waals surface area contributed by atoms with E-state index in [9.17, 15) is 0 Å². The zero-order valence-electron chi connectivity index (χ0n) is 12.7. The van der Waals surface area contributed by atoms with Crippen molar-refractivity contribution in [3.05, 3.63) is 0 Å². The molecule has 2 rings (SSSR count). The minimum atomic E-state index is 0.257. The van der Waals surface area contributed by atoms with Gasteiger partial charge in [-0.25, -0.2) is 0 Å². The fraction of sp³-hybridized carbons (Fsp3) is 1.00. The minimum absolute atomic E-state index is 0.257. The van der Waals surface area contributed by atoms with Crippen molar-refractivity contribution in [2.45, 2.75) is 52.1 Å². The number of nitrogens with zero attached hydrogens (tertiary/aromatic N) is 2. The average Bonchev–Trinajstić information content (AvgIpc) is 2.73. The van der Waals surface area contributed by atoms with Gasteiger partial charge in [-0.1, -0.05) is 13.8 Å². The molecule has 2 aliphatic heterocycles. The SMILES string of the molecule is CC1CC(C)CN(C2(CN)CCN(C(C)C)C2)C1. The van der Waals surface area contributed by atoms with Crippen LogP contribution in [0.15, 0.2) is 0 Å². The molecular weight excluding hydrogens is 222 g/mol. The topological polar surface area (TPSA) is 32.5 Å².